The van der Waals surface area contributed by atoms with E-state index in [1.54, 1.807) is 0 Å². The maximum atomic E-state index is 11.2. The van der Waals surface area contributed by atoms with Gasteiger partial charge in [0.2, 0.25) is 0 Å². The van der Waals surface area contributed by atoms with Crippen molar-refractivity contribution in [3.8, 4) is 5.75 Å². The molecule has 1 N–H and O–H groups in total. The van der Waals surface area contributed by atoms with E-state index >= 15 is 0 Å². The van der Waals surface area contributed by atoms with Crippen molar-refractivity contribution >= 4 is 5.97 Å². The van der Waals surface area contributed by atoms with E-state index < -0.39 is 5.97 Å². The third-order valence-electron chi connectivity index (χ3n) is 1.61. The molecule has 5 heteroatoms. The molecule has 0 saturated carbocycles. The first-order chi connectivity index (χ1) is 7.24. The zero-order valence-corrected chi connectivity index (χ0v) is 8.30. The van der Waals surface area contributed by atoms with Gasteiger partial charge >= 0.3 is 5.97 Å². The number of carbonyl (C=O) groups excluding carboxylic acids is 1. The average Bonchev–Trinajstić information content (AvgIpc) is 2.25. The largest absolute Gasteiger partial charge is 0.508 e. The Hall–Kier alpha value is -1.59. The van der Waals surface area contributed by atoms with Crippen LogP contribution in [0.3, 0.4) is 0 Å². The molecule has 0 fully saturated rings. The van der Waals surface area contributed by atoms with Crippen molar-refractivity contribution in [2.75, 3.05) is 20.3 Å². The molecule has 1 aromatic carbocycles. The smallest absolute Gasteiger partial charge is 0.373 e. The summed E-state index contributed by atoms with van der Waals surface area (Å²) in [6, 6.07) is 5.67. The molecule has 0 amide bonds. The highest BCUT2D eigenvalue weighted by atomic mass is 17.2. The Labute approximate surface area is 87.1 Å². The Balaban J connectivity index is 2.37. The van der Waals surface area contributed by atoms with Gasteiger partial charge < -0.3 is 9.84 Å². The number of hydrogen-bond acceptors (Lipinski definition) is 5. The molecule has 0 aliphatic heterocycles. The predicted octanol–water partition coefficient (Wildman–Crippen LogP) is 1.13. The highest BCUT2D eigenvalue weighted by Gasteiger charge is 2.07. The highest BCUT2D eigenvalue weighted by Crippen LogP contribution is 2.10. The van der Waals surface area contributed by atoms with Crippen LogP contribution in [-0.2, 0) is 14.5 Å². The lowest BCUT2D eigenvalue weighted by atomic mass is 10.2. The Kier molecular flexibility index (Phi) is 4.59. The molecule has 0 saturated heterocycles. The normalized spacial score (nSPS) is 9.93. The van der Waals surface area contributed by atoms with Crippen molar-refractivity contribution in [1.29, 1.82) is 0 Å². The molecule has 0 aliphatic carbocycles. The molecule has 15 heavy (non-hydrogen) atoms. The lowest BCUT2D eigenvalue weighted by molar-refractivity contribution is -0.246. The quantitative estimate of drug-likeness (QED) is 0.450. The summed E-state index contributed by atoms with van der Waals surface area (Å²) >= 11 is 0. The van der Waals surface area contributed by atoms with Crippen LogP contribution in [0.4, 0.5) is 0 Å². The van der Waals surface area contributed by atoms with Crippen molar-refractivity contribution in [2.24, 2.45) is 0 Å². The molecular weight excluding hydrogens is 200 g/mol. The van der Waals surface area contributed by atoms with Crippen molar-refractivity contribution in [3.63, 3.8) is 0 Å². The Morgan fingerprint density at radius 1 is 1.27 bits per heavy atom. The molecule has 0 atom stereocenters. The van der Waals surface area contributed by atoms with Crippen molar-refractivity contribution < 1.29 is 24.4 Å². The van der Waals surface area contributed by atoms with E-state index in [4.69, 9.17) is 9.84 Å². The third kappa shape index (κ3) is 3.97. The first kappa shape index (κ1) is 11.5. The van der Waals surface area contributed by atoms with Crippen LogP contribution in [0.1, 0.15) is 10.4 Å². The zero-order valence-electron chi connectivity index (χ0n) is 8.30. The predicted molar refractivity (Wildman–Crippen MR) is 51.4 cm³/mol. The molecule has 1 aromatic rings. The van der Waals surface area contributed by atoms with Crippen LogP contribution >= 0.6 is 0 Å². The minimum absolute atomic E-state index is 0.0897. The summed E-state index contributed by atoms with van der Waals surface area (Å²) in [5.41, 5.74) is 0.310. The molecular formula is C10H12O5. The average molecular weight is 212 g/mol. The Morgan fingerprint density at radius 3 is 2.53 bits per heavy atom. The topological polar surface area (TPSA) is 65.0 Å². The van der Waals surface area contributed by atoms with E-state index in [9.17, 15) is 4.79 Å². The fourth-order valence-corrected chi connectivity index (χ4v) is 0.858. The molecule has 82 valence electrons. The van der Waals surface area contributed by atoms with Crippen molar-refractivity contribution in [1.82, 2.24) is 0 Å². The summed E-state index contributed by atoms with van der Waals surface area (Å²) < 4.78 is 4.70. The maximum Gasteiger partial charge on any atom is 0.373 e. The molecule has 0 aromatic heterocycles. The van der Waals surface area contributed by atoms with Crippen LogP contribution in [0.5, 0.6) is 5.75 Å². The van der Waals surface area contributed by atoms with Gasteiger partial charge in [-0.1, -0.05) is 0 Å². The van der Waals surface area contributed by atoms with Gasteiger partial charge in [0.05, 0.1) is 12.2 Å². The van der Waals surface area contributed by atoms with E-state index in [0.717, 1.165) is 0 Å². The van der Waals surface area contributed by atoms with E-state index in [2.05, 4.69) is 9.78 Å². The summed E-state index contributed by atoms with van der Waals surface area (Å²) in [4.78, 5) is 20.3. The minimum Gasteiger partial charge on any atom is -0.508 e. The molecule has 0 unspecified atom stereocenters. The number of phenolic OH excluding ortho intramolecular Hbond substituents is 1. The van der Waals surface area contributed by atoms with Crippen LogP contribution in [-0.4, -0.2) is 31.4 Å². The Bertz CT molecular complexity index is 306. The monoisotopic (exact) mass is 212 g/mol. The molecule has 0 spiro atoms. The first-order valence-electron chi connectivity index (χ1n) is 4.36. The van der Waals surface area contributed by atoms with Crippen LogP contribution in [0.2, 0.25) is 0 Å². The number of hydrogen-bond donors (Lipinski definition) is 1. The standard InChI is InChI=1S/C10H12O5/c1-13-6-7-14-15-10(12)8-2-4-9(11)5-3-8/h2-5,11H,6-7H2,1H3. The van der Waals surface area contributed by atoms with Crippen LogP contribution in [0, 0.1) is 0 Å². The van der Waals surface area contributed by atoms with Gasteiger partial charge in [-0.05, 0) is 24.3 Å². The summed E-state index contributed by atoms with van der Waals surface area (Å²) in [5.74, 6) is -0.516. The second-order valence-corrected chi connectivity index (χ2v) is 2.73. The zero-order chi connectivity index (χ0) is 11.1. The van der Waals surface area contributed by atoms with E-state index in [-0.39, 0.29) is 12.4 Å². The highest BCUT2D eigenvalue weighted by molar-refractivity contribution is 5.89. The van der Waals surface area contributed by atoms with Crippen molar-refractivity contribution in [2.45, 2.75) is 0 Å². The number of methoxy groups -OCH3 is 1. The summed E-state index contributed by atoms with van der Waals surface area (Å²) in [6.07, 6.45) is 0. The molecule has 0 radical (unpaired) electrons. The van der Waals surface area contributed by atoms with Gasteiger partial charge in [-0.15, -0.1) is 0 Å². The number of ether oxygens (including phenoxy) is 1. The third-order valence-corrected chi connectivity index (χ3v) is 1.61. The second-order valence-electron chi connectivity index (χ2n) is 2.73. The van der Waals surface area contributed by atoms with Crippen molar-refractivity contribution in [3.05, 3.63) is 29.8 Å². The second kappa shape index (κ2) is 6.00. The van der Waals surface area contributed by atoms with Crippen LogP contribution in [0.25, 0.3) is 0 Å². The number of aromatic hydroxyl groups is 1. The number of phenols is 1. The SMILES string of the molecule is COCCOOC(=O)c1ccc(O)cc1. The van der Waals surface area contributed by atoms with Crippen LogP contribution < -0.4 is 0 Å². The molecule has 1 rings (SSSR count). The summed E-state index contributed by atoms with van der Waals surface area (Å²) in [7, 11) is 1.52. The van der Waals surface area contributed by atoms with Gasteiger partial charge in [0, 0.05) is 7.11 Å². The van der Waals surface area contributed by atoms with Gasteiger partial charge in [0.1, 0.15) is 12.4 Å². The van der Waals surface area contributed by atoms with Gasteiger partial charge in [-0.3, -0.25) is 4.89 Å². The maximum absolute atomic E-state index is 11.2. The number of benzene rings is 1. The Morgan fingerprint density at radius 2 is 1.93 bits per heavy atom. The summed E-state index contributed by atoms with van der Waals surface area (Å²) in [5, 5.41) is 8.98. The van der Waals surface area contributed by atoms with Gasteiger partial charge in [0.25, 0.3) is 0 Å². The van der Waals surface area contributed by atoms with E-state index in [1.165, 1.54) is 31.4 Å². The molecule has 0 heterocycles. The van der Waals surface area contributed by atoms with E-state index in [0.29, 0.717) is 12.2 Å². The fourth-order valence-electron chi connectivity index (χ4n) is 0.858. The van der Waals surface area contributed by atoms with Gasteiger partial charge in [0.15, 0.2) is 0 Å². The summed E-state index contributed by atoms with van der Waals surface area (Å²) in [6.45, 7) is 0.531. The lowest BCUT2D eigenvalue weighted by Gasteiger charge is -2.02. The molecule has 0 aliphatic rings. The first-order valence-corrected chi connectivity index (χ1v) is 4.36. The molecule has 0 bridgehead atoms. The minimum atomic E-state index is -0.605. The van der Waals surface area contributed by atoms with E-state index in [1.807, 2.05) is 0 Å². The van der Waals surface area contributed by atoms with Gasteiger partial charge in [-0.25, -0.2) is 4.79 Å². The van der Waals surface area contributed by atoms with Crippen LogP contribution in [0.15, 0.2) is 24.3 Å². The van der Waals surface area contributed by atoms with Gasteiger partial charge in [-0.2, -0.15) is 4.89 Å². The molecule has 5 nitrogen and oxygen atoms in total. The number of rotatable bonds is 5. The lowest BCUT2D eigenvalue weighted by Crippen LogP contribution is -2.09. The fraction of sp³-hybridized carbons (Fsp3) is 0.300. The number of carbonyl (C=O) groups is 1.